The quantitative estimate of drug-likeness (QED) is 0.345. The molecule has 160 valence electrons. The smallest absolute Gasteiger partial charge is 0.283 e. The van der Waals surface area contributed by atoms with Gasteiger partial charge >= 0.3 is 0 Å². The maximum absolute atomic E-state index is 12.6. The monoisotopic (exact) mass is 429 g/mol. The van der Waals surface area contributed by atoms with Crippen molar-refractivity contribution in [1.82, 2.24) is 4.90 Å². The first-order chi connectivity index (χ1) is 14.2. The summed E-state index contributed by atoms with van der Waals surface area (Å²) in [5.74, 6) is 0.829. The second kappa shape index (κ2) is 10.8. The third-order valence-corrected chi connectivity index (χ3v) is 5.61. The van der Waals surface area contributed by atoms with E-state index in [9.17, 15) is 19.7 Å². The van der Waals surface area contributed by atoms with Gasteiger partial charge in [-0.15, -0.1) is 11.8 Å². The van der Waals surface area contributed by atoms with Gasteiger partial charge in [-0.25, -0.2) is 0 Å². The molecule has 0 heterocycles. The third-order valence-electron chi connectivity index (χ3n) is 4.51. The van der Waals surface area contributed by atoms with Crippen LogP contribution in [0.5, 0.6) is 0 Å². The number of hydrogen-bond acceptors (Lipinski definition) is 5. The first-order valence-electron chi connectivity index (χ1n) is 9.70. The molecule has 0 atom stereocenters. The standard InChI is InChI=1S/C22H27N3O4S/c1-15(2)10-11-30-21-9-8-18(13-20(21)25(28)29)22(27)23-19-7-5-6-17(12-19)14-24(4)16(3)26/h5-9,12-13,15H,10-11,14H2,1-4H3,(H,23,27). The highest BCUT2D eigenvalue weighted by atomic mass is 32.2. The van der Waals surface area contributed by atoms with Crippen LogP contribution in [0.3, 0.4) is 0 Å². The summed E-state index contributed by atoms with van der Waals surface area (Å²) < 4.78 is 0. The van der Waals surface area contributed by atoms with E-state index >= 15 is 0 Å². The molecule has 2 aromatic carbocycles. The van der Waals surface area contributed by atoms with Crippen LogP contribution in [-0.4, -0.2) is 34.4 Å². The van der Waals surface area contributed by atoms with Gasteiger partial charge in [-0.2, -0.15) is 0 Å². The number of nitro benzene ring substituents is 1. The molecule has 2 amide bonds. The molecule has 0 spiro atoms. The lowest BCUT2D eigenvalue weighted by atomic mass is 10.1. The highest BCUT2D eigenvalue weighted by Crippen LogP contribution is 2.31. The summed E-state index contributed by atoms with van der Waals surface area (Å²) in [5.41, 5.74) is 1.59. The Balaban J connectivity index is 2.14. The molecule has 7 nitrogen and oxygen atoms in total. The van der Waals surface area contributed by atoms with Gasteiger partial charge in [-0.1, -0.05) is 26.0 Å². The number of thioether (sulfide) groups is 1. The van der Waals surface area contributed by atoms with Gasteiger partial charge in [0.15, 0.2) is 0 Å². The van der Waals surface area contributed by atoms with Crippen molar-refractivity contribution in [2.45, 2.75) is 38.6 Å². The van der Waals surface area contributed by atoms with Crippen molar-refractivity contribution in [1.29, 1.82) is 0 Å². The van der Waals surface area contributed by atoms with Gasteiger partial charge in [0.2, 0.25) is 5.91 Å². The van der Waals surface area contributed by atoms with Crippen molar-refractivity contribution in [3.63, 3.8) is 0 Å². The zero-order chi connectivity index (χ0) is 22.3. The topological polar surface area (TPSA) is 92.6 Å². The largest absolute Gasteiger partial charge is 0.342 e. The van der Waals surface area contributed by atoms with Gasteiger partial charge in [-0.05, 0) is 47.9 Å². The summed E-state index contributed by atoms with van der Waals surface area (Å²) in [5, 5.41) is 14.3. The Labute approximate surface area is 181 Å². The molecule has 0 aliphatic heterocycles. The molecular formula is C22H27N3O4S. The molecule has 0 radical (unpaired) electrons. The number of carbonyl (C=O) groups is 2. The van der Waals surface area contributed by atoms with Crippen LogP contribution in [0.25, 0.3) is 0 Å². The predicted octanol–water partition coefficient (Wildman–Crippen LogP) is 4.96. The van der Waals surface area contributed by atoms with Gasteiger partial charge in [-0.3, -0.25) is 19.7 Å². The van der Waals surface area contributed by atoms with Crippen molar-refractivity contribution in [2.24, 2.45) is 5.92 Å². The summed E-state index contributed by atoms with van der Waals surface area (Å²) in [6.07, 6.45) is 0.958. The molecular weight excluding hydrogens is 402 g/mol. The third kappa shape index (κ3) is 6.88. The number of amides is 2. The summed E-state index contributed by atoms with van der Waals surface area (Å²) in [6.45, 7) is 6.13. The predicted molar refractivity (Wildman–Crippen MR) is 120 cm³/mol. The van der Waals surface area contributed by atoms with E-state index < -0.39 is 10.8 Å². The van der Waals surface area contributed by atoms with Crippen LogP contribution in [-0.2, 0) is 11.3 Å². The molecule has 2 aromatic rings. The molecule has 0 aliphatic carbocycles. The normalized spacial score (nSPS) is 10.7. The van der Waals surface area contributed by atoms with Gasteiger partial charge < -0.3 is 10.2 Å². The molecule has 0 bridgehead atoms. The van der Waals surface area contributed by atoms with Crippen LogP contribution >= 0.6 is 11.8 Å². The fraction of sp³-hybridized carbons (Fsp3) is 0.364. The Morgan fingerprint density at radius 2 is 1.93 bits per heavy atom. The zero-order valence-corrected chi connectivity index (χ0v) is 18.5. The summed E-state index contributed by atoms with van der Waals surface area (Å²) in [4.78, 5) is 37.2. The number of benzene rings is 2. The maximum atomic E-state index is 12.6. The van der Waals surface area contributed by atoms with E-state index in [1.165, 1.54) is 24.8 Å². The minimum absolute atomic E-state index is 0.0527. The molecule has 0 aliphatic rings. The van der Waals surface area contributed by atoms with Crippen LogP contribution in [0.4, 0.5) is 11.4 Å². The van der Waals surface area contributed by atoms with Crippen molar-refractivity contribution in [3.05, 3.63) is 63.7 Å². The van der Waals surface area contributed by atoms with E-state index in [1.807, 2.05) is 6.07 Å². The average Bonchev–Trinajstić information content (AvgIpc) is 2.67. The number of rotatable bonds is 9. The second-order valence-corrected chi connectivity index (χ2v) is 8.64. The zero-order valence-electron chi connectivity index (χ0n) is 17.7. The van der Waals surface area contributed by atoms with E-state index in [2.05, 4.69) is 19.2 Å². The van der Waals surface area contributed by atoms with E-state index in [4.69, 9.17) is 0 Å². The van der Waals surface area contributed by atoms with Crippen LogP contribution in [0.1, 0.15) is 43.1 Å². The SMILES string of the molecule is CC(=O)N(C)Cc1cccc(NC(=O)c2ccc(SCCC(C)C)c([N+](=O)[O-])c2)c1. The molecule has 0 saturated carbocycles. The summed E-state index contributed by atoms with van der Waals surface area (Å²) in [7, 11) is 1.70. The molecule has 8 heteroatoms. The Kier molecular flexibility index (Phi) is 8.41. The van der Waals surface area contributed by atoms with Crippen molar-refractivity contribution >= 4 is 35.0 Å². The van der Waals surface area contributed by atoms with Gasteiger partial charge in [0.1, 0.15) is 0 Å². The molecule has 2 rings (SSSR count). The van der Waals surface area contributed by atoms with Crippen molar-refractivity contribution in [2.75, 3.05) is 18.1 Å². The van der Waals surface area contributed by atoms with Crippen LogP contribution in [0, 0.1) is 16.0 Å². The van der Waals surface area contributed by atoms with Crippen LogP contribution in [0.2, 0.25) is 0 Å². The second-order valence-electron chi connectivity index (χ2n) is 7.50. The van der Waals surface area contributed by atoms with Crippen molar-refractivity contribution in [3.8, 4) is 0 Å². The number of carbonyl (C=O) groups excluding carboxylic acids is 2. The van der Waals surface area contributed by atoms with Gasteiger partial charge in [0.25, 0.3) is 11.6 Å². The Bertz CT molecular complexity index is 930. The maximum Gasteiger partial charge on any atom is 0.283 e. The summed E-state index contributed by atoms with van der Waals surface area (Å²) >= 11 is 1.43. The van der Waals surface area contributed by atoms with Gasteiger partial charge in [0, 0.05) is 37.8 Å². The highest BCUT2D eigenvalue weighted by Gasteiger charge is 2.18. The fourth-order valence-electron chi connectivity index (χ4n) is 2.66. The minimum atomic E-state index is -0.452. The lowest BCUT2D eigenvalue weighted by Gasteiger charge is -2.15. The number of anilines is 1. The van der Waals surface area contributed by atoms with E-state index in [0.29, 0.717) is 23.0 Å². The molecule has 0 unspecified atom stereocenters. The van der Waals surface area contributed by atoms with Crippen LogP contribution in [0.15, 0.2) is 47.4 Å². The van der Waals surface area contributed by atoms with E-state index in [1.54, 1.807) is 42.3 Å². The van der Waals surface area contributed by atoms with E-state index in [-0.39, 0.29) is 17.2 Å². The van der Waals surface area contributed by atoms with Crippen LogP contribution < -0.4 is 5.32 Å². The number of nitro groups is 1. The van der Waals surface area contributed by atoms with E-state index in [0.717, 1.165) is 17.7 Å². The van der Waals surface area contributed by atoms with Crippen molar-refractivity contribution < 1.29 is 14.5 Å². The molecule has 0 aromatic heterocycles. The Morgan fingerprint density at radius 3 is 2.57 bits per heavy atom. The Morgan fingerprint density at radius 1 is 1.20 bits per heavy atom. The minimum Gasteiger partial charge on any atom is -0.342 e. The highest BCUT2D eigenvalue weighted by molar-refractivity contribution is 7.99. The molecule has 0 saturated heterocycles. The molecule has 0 fully saturated rings. The van der Waals surface area contributed by atoms with Gasteiger partial charge in [0.05, 0.1) is 9.82 Å². The lowest BCUT2D eigenvalue weighted by Crippen LogP contribution is -2.23. The number of hydrogen-bond donors (Lipinski definition) is 1. The Hall–Kier alpha value is -2.87. The molecule has 30 heavy (non-hydrogen) atoms. The average molecular weight is 430 g/mol. The lowest BCUT2D eigenvalue weighted by molar-refractivity contribution is -0.387. The summed E-state index contributed by atoms with van der Waals surface area (Å²) in [6, 6.07) is 11.7. The first kappa shape index (κ1) is 23.4. The number of nitrogens with zero attached hydrogens (tertiary/aromatic N) is 2. The number of nitrogens with one attached hydrogen (secondary N) is 1. The fourth-order valence-corrected chi connectivity index (χ4v) is 3.92. The first-order valence-corrected chi connectivity index (χ1v) is 10.7. The molecule has 1 N–H and O–H groups in total.